The average Bonchev–Trinajstić information content (AvgIpc) is 2.34. The Bertz CT molecular complexity index is 533. The third kappa shape index (κ3) is 2.93. The van der Waals surface area contributed by atoms with Gasteiger partial charge in [-0.1, -0.05) is 20.4 Å². The van der Waals surface area contributed by atoms with E-state index in [1.807, 2.05) is 13.8 Å². The first kappa shape index (κ1) is 14.8. The van der Waals surface area contributed by atoms with E-state index in [4.69, 9.17) is 9.79 Å². The molecule has 2 N–H and O–H groups in total. The molecule has 1 rings (SSSR count). The van der Waals surface area contributed by atoms with Crippen molar-refractivity contribution in [3.05, 3.63) is 35.5 Å². The topological polar surface area (TPSA) is 87.5 Å². The van der Waals surface area contributed by atoms with Crippen molar-refractivity contribution in [2.24, 2.45) is 0 Å². The molecule has 0 unspecified atom stereocenters. The second kappa shape index (κ2) is 5.57. The first-order valence-electron chi connectivity index (χ1n) is 5.60. The smallest absolute Gasteiger partial charge is 0.320 e. The molecule has 6 heteroatoms. The van der Waals surface area contributed by atoms with Crippen LogP contribution in [0.1, 0.15) is 35.5 Å². The van der Waals surface area contributed by atoms with Crippen LogP contribution in [0.3, 0.4) is 0 Å². The van der Waals surface area contributed by atoms with Crippen LogP contribution in [0, 0.1) is 0 Å². The van der Waals surface area contributed by atoms with Crippen LogP contribution < -0.4 is 5.44 Å². The van der Waals surface area contributed by atoms with Gasteiger partial charge >= 0.3 is 7.60 Å². The average molecular weight is 269 g/mol. The number of pyridine rings is 1. The lowest BCUT2D eigenvalue weighted by Gasteiger charge is -2.13. The summed E-state index contributed by atoms with van der Waals surface area (Å²) in [7, 11) is -4.46. The van der Waals surface area contributed by atoms with E-state index in [0.717, 1.165) is 17.2 Å². The predicted octanol–water partition coefficient (Wildman–Crippen LogP) is 1.38. The van der Waals surface area contributed by atoms with Gasteiger partial charge in [0.15, 0.2) is 5.44 Å². The van der Waals surface area contributed by atoms with Crippen LogP contribution in [0.5, 0.6) is 0 Å². The highest BCUT2D eigenvalue weighted by atomic mass is 31.2. The summed E-state index contributed by atoms with van der Waals surface area (Å²) in [6, 6.07) is 1.37. The van der Waals surface area contributed by atoms with E-state index in [1.165, 1.54) is 6.07 Å². The highest BCUT2D eigenvalue weighted by molar-refractivity contribution is 7.60. The van der Waals surface area contributed by atoms with Crippen LogP contribution in [0.15, 0.2) is 18.7 Å². The molecule has 18 heavy (non-hydrogen) atoms. The van der Waals surface area contributed by atoms with Gasteiger partial charge in [0.1, 0.15) is 5.69 Å². The van der Waals surface area contributed by atoms with Crippen molar-refractivity contribution >= 4 is 18.8 Å². The molecule has 1 aromatic heterocycles. The van der Waals surface area contributed by atoms with Gasteiger partial charge in [0, 0.05) is 0 Å². The lowest BCUT2D eigenvalue weighted by molar-refractivity contribution is 0.104. The maximum absolute atomic E-state index is 11.7. The van der Waals surface area contributed by atoms with Crippen molar-refractivity contribution in [3.8, 4) is 0 Å². The van der Waals surface area contributed by atoms with Gasteiger partial charge in [-0.2, -0.15) is 0 Å². The van der Waals surface area contributed by atoms with Gasteiger partial charge in [-0.25, -0.2) is 4.98 Å². The van der Waals surface area contributed by atoms with Crippen LogP contribution in [0.25, 0.3) is 0 Å². The fourth-order valence-corrected chi connectivity index (χ4v) is 2.32. The molecule has 0 bridgehead atoms. The highest BCUT2D eigenvalue weighted by Crippen LogP contribution is 2.33. The van der Waals surface area contributed by atoms with E-state index >= 15 is 0 Å². The zero-order chi connectivity index (χ0) is 13.9. The number of carbonyl (C=O) groups excluding carboxylic acids is 1. The molecule has 0 radical (unpaired) electrons. The van der Waals surface area contributed by atoms with Crippen molar-refractivity contribution < 1.29 is 19.1 Å². The number of hydrogen-bond donors (Lipinski definition) is 2. The third-order valence-electron chi connectivity index (χ3n) is 2.65. The number of rotatable bonds is 5. The Hall–Kier alpha value is -1.29. The molecule has 5 nitrogen and oxygen atoms in total. The minimum absolute atomic E-state index is 0.0881. The van der Waals surface area contributed by atoms with Crippen LogP contribution in [0.2, 0.25) is 0 Å². The summed E-state index contributed by atoms with van der Waals surface area (Å²) in [6.07, 6.45) is 2.26. The van der Waals surface area contributed by atoms with Gasteiger partial charge in [0.05, 0.1) is 0 Å². The maximum atomic E-state index is 11.7. The summed E-state index contributed by atoms with van der Waals surface area (Å²) in [4.78, 5) is 33.8. The van der Waals surface area contributed by atoms with Gasteiger partial charge in [-0.15, -0.1) is 0 Å². The molecule has 0 aliphatic carbocycles. The van der Waals surface area contributed by atoms with Crippen LogP contribution in [-0.4, -0.2) is 20.6 Å². The molecule has 1 aromatic rings. The maximum Gasteiger partial charge on any atom is 0.374 e. The summed E-state index contributed by atoms with van der Waals surface area (Å²) in [5.74, 6) is -0.420. The molecule has 0 spiro atoms. The lowest BCUT2D eigenvalue weighted by atomic mass is 10.00. The standard InChI is InChI=1S/C12H16NO4P/c1-4-8-7-11(18(15,16)17)13-12(9(8)5-2)10(14)6-3/h6-7H,3-5H2,1-2H3,(H2,15,16,17). The summed E-state index contributed by atoms with van der Waals surface area (Å²) in [6.45, 7) is 7.11. The summed E-state index contributed by atoms with van der Waals surface area (Å²) >= 11 is 0. The van der Waals surface area contributed by atoms with Crippen LogP contribution in [-0.2, 0) is 17.4 Å². The summed E-state index contributed by atoms with van der Waals surface area (Å²) < 4.78 is 11.3. The zero-order valence-corrected chi connectivity index (χ0v) is 11.3. The molecule has 0 saturated heterocycles. The number of hydrogen-bond acceptors (Lipinski definition) is 3. The first-order chi connectivity index (χ1) is 8.35. The SMILES string of the molecule is C=CC(=O)c1nc(P(=O)(O)O)cc(CC)c1CC. The molecule has 0 fully saturated rings. The van der Waals surface area contributed by atoms with Crippen molar-refractivity contribution in [1.29, 1.82) is 0 Å². The van der Waals surface area contributed by atoms with E-state index in [2.05, 4.69) is 11.6 Å². The van der Waals surface area contributed by atoms with Gasteiger partial charge < -0.3 is 9.79 Å². The van der Waals surface area contributed by atoms with Crippen molar-refractivity contribution in [2.45, 2.75) is 26.7 Å². The summed E-state index contributed by atoms with van der Waals surface area (Å²) in [5.41, 5.74) is 1.18. The van der Waals surface area contributed by atoms with E-state index in [0.29, 0.717) is 12.8 Å². The number of aromatic nitrogens is 1. The number of aryl methyl sites for hydroxylation is 1. The second-order valence-corrected chi connectivity index (χ2v) is 5.33. The minimum atomic E-state index is -4.46. The molecule has 0 aliphatic heterocycles. The molecule has 0 amide bonds. The molecule has 0 aliphatic rings. The van der Waals surface area contributed by atoms with Gasteiger partial charge in [-0.05, 0) is 36.1 Å². The number of nitrogens with zero attached hydrogens (tertiary/aromatic N) is 1. The normalized spacial score (nSPS) is 11.3. The molecule has 0 saturated carbocycles. The Morgan fingerprint density at radius 3 is 2.44 bits per heavy atom. The monoisotopic (exact) mass is 269 g/mol. The third-order valence-corrected chi connectivity index (χ3v) is 3.48. The van der Waals surface area contributed by atoms with Gasteiger partial charge in [-0.3, -0.25) is 9.36 Å². The quantitative estimate of drug-likeness (QED) is 0.479. The van der Waals surface area contributed by atoms with E-state index in [9.17, 15) is 9.36 Å². The number of ketones is 1. The van der Waals surface area contributed by atoms with Gasteiger partial charge in [0.25, 0.3) is 0 Å². The van der Waals surface area contributed by atoms with E-state index in [-0.39, 0.29) is 11.1 Å². The van der Waals surface area contributed by atoms with E-state index < -0.39 is 13.4 Å². The lowest BCUT2D eigenvalue weighted by Crippen LogP contribution is -2.18. The van der Waals surface area contributed by atoms with Crippen molar-refractivity contribution in [3.63, 3.8) is 0 Å². The Kier molecular flexibility index (Phi) is 4.57. The molecule has 1 heterocycles. The molecular formula is C12H16NO4P. The molecule has 0 aromatic carbocycles. The van der Waals surface area contributed by atoms with E-state index in [1.54, 1.807) is 0 Å². The fraction of sp³-hybridized carbons (Fsp3) is 0.333. The van der Waals surface area contributed by atoms with Gasteiger partial charge in [0.2, 0.25) is 5.78 Å². The van der Waals surface area contributed by atoms with Crippen molar-refractivity contribution in [1.82, 2.24) is 4.98 Å². The fourth-order valence-electron chi connectivity index (χ4n) is 1.77. The zero-order valence-electron chi connectivity index (χ0n) is 10.4. The molecule has 0 atom stereocenters. The Labute approximate surface area is 106 Å². The number of allylic oxidation sites excluding steroid dienone is 1. The second-order valence-electron chi connectivity index (χ2n) is 3.79. The number of carbonyl (C=O) groups is 1. The molecular weight excluding hydrogens is 253 g/mol. The Balaban J connectivity index is 3.60. The summed E-state index contributed by atoms with van der Waals surface area (Å²) in [5, 5.41) is 0. The highest BCUT2D eigenvalue weighted by Gasteiger charge is 2.24. The Morgan fingerprint density at radius 2 is 2.06 bits per heavy atom. The molecule has 98 valence electrons. The van der Waals surface area contributed by atoms with Crippen LogP contribution >= 0.6 is 7.60 Å². The Morgan fingerprint density at radius 1 is 1.44 bits per heavy atom. The van der Waals surface area contributed by atoms with Crippen LogP contribution in [0.4, 0.5) is 0 Å². The predicted molar refractivity (Wildman–Crippen MR) is 69.2 cm³/mol. The first-order valence-corrected chi connectivity index (χ1v) is 7.22. The minimum Gasteiger partial charge on any atom is -0.320 e. The van der Waals surface area contributed by atoms with Crippen molar-refractivity contribution in [2.75, 3.05) is 0 Å². The largest absolute Gasteiger partial charge is 0.374 e.